The van der Waals surface area contributed by atoms with Crippen LogP contribution in [0.1, 0.15) is 38.5 Å². The van der Waals surface area contributed by atoms with E-state index >= 15 is 0 Å². The third-order valence-corrected chi connectivity index (χ3v) is 5.62. The maximum Gasteiger partial charge on any atom is 0.323 e. The monoisotopic (exact) mass is 282 g/mol. The fraction of sp³-hybridized carbons (Fsp3) is 0.833. The van der Waals surface area contributed by atoms with Crippen molar-refractivity contribution in [3.05, 3.63) is 5.53 Å². The summed E-state index contributed by atoms with van der Waals surface area (Å²) in [4.78, 5) is 15.0. The number of Topliss-reactive ketones (excluding diaryl/α,β-unsaturated/α-hetero) is 1. The van der Waals surface area contributed by atoms with Gasteiger partial charge in [-0.15, -0.1) is 0 Å². The van der Waals surface area contributed by atoms with E-state index in [9.17, 15) is 4.79 Å². The maximum atomic E-state index is 12.1. The predicted octanol–water partition coefficient (Wildman–Crippen LogP) is 2.59. The zero-order valence-electron chi connectivity index (χ0n) is 9.16. The van der Waals surface area contributed by atoms with Crippen LogP contribution >= 0.6 is 15.9 Å². The number of nitrogens with zero attached hydrogens (tertiary/aromatic N) is 2. The van der Waals surface area contributed by atoms with Gasteiger partial charge in [-0.25, -0.2) is 0 Å². The lowest BCUT2D eigenvalue weighted by molar-refractivity contribution is -0.137. The molecule has 0 saturated heterocycles. The van der Waals surface area contributed by atoms with Crippen LogP contribution in [-0.2, 0) is 4.79 Å². The van der Waals surface area contributed by atoms with Crippen LogP contribution in [0.15, 0.2) is 0 Å². The first-order valence-corrected chi connectivity index (χ1v) is 6.75. The van der Waals surface area contributed by atoms with E-state index in [1.165, 1.54) is 19.3 Å². The number of alkyl halides is 1. The number of halogens is 1. The van der Waals surface area contributed by atoms with Crippen LogP contribution in [-0.4, -0.2) is 21.1 Å². The molecule has 0 heterocycles. The van der Waals surface area contributed by atoms with Gasteiger partial charge in [-0.3, -0.25) is 4.79 Å². The van der Waals surface area contributed by atoms with E-state index in [-0.39, 0.29) is 15.5 Å². The van der Waals surface area contributed by atoms with Crippen molar-refractivity contribution in [2.75, 3.05) is 0 Å². The Kier molecular flexibility index (Phi) is 2.18. The molecule has 0 N–H and O–H groups in total. The van der Waals surface area contributed by atoms with Gasteiger partial charge in [-0.2, -0.15) is 4.79 Å². The molecule has 4 aliphatic rings. The quantitative estimate of drug-likeness (QED) is 0.332. The molecule has 0 amide bonds. The summed E-state index contributed by atoms with van der Waals surface area (Å²) in [6.45, 7) is 0. The van der Waals surface area contributed by atoms with Crippen LogP contribution in [0.25, 0.3) is 5.53 Å². The van der Waals surface area contributed by atoms with Crippen molar-refractivity contribution < 1.29 is 9.58 Å². The summed E-state index contributed by atoms with van der Waals surface area (Å²) < 4.78 is 0.191. The normalized spacial score (nSPS) is 48.8. The Bertz CT molecular complexity index is 386. The zero-order chi connectivity index (χ0) is 11.4. The second kappa shape index (κ2) is 3.27. The molecule has 0 unspecified atom stereocenters. The Morgan fingerprint density at radius 2 is 1.94 bits per heavy atom. The molecule has 86 valence electrons. The van der Waals surface area contributed by atoms with E-state index in [0.29, 0.717) is 11.8 Å². The third kappa shape index (κ3) is 1.43. The fourth-order valence-corrected chi connectivity index (χ4v) is 6.08. The topological polar surface area (TPSA) is 53.5 Å². The first-order valence-electron chi connectivity index (χ1n) is 5.96. The molecule has 4 heteroatoms. The van der Waals surface area contributed by atoms with E-state index in [0.717, 1.165) is 25.5 Å². The first-order chi connectivity index (χ1) is 7.55. The van der Waals surface area contributed by atoms with E-state index in [2.05, 4.69) is 20.7 Å². The standard InChI is InChI=1S/C12H15BrN2O/c13-12-4-8-1-9(5-12)3-11(2-8,7-12)10(16)6-15-14/h6,8-9H,1-5,7H2/t8-,9-,11?,12?/m1/s1. The van der Waals surface area contributed by atoms with Gasteiger partial charge in [-0.1, -0.05) is 15.9 Å². The minimum absolute atomic E-state index is 0.0351. The van der Waals surface area contributed by atoms with Gasteiger partial charge >= 0.3 is 6.21 Å². The second-order valence-electron chi connectivity index (χ2n) is 6.00. The van der Waals surface area contributed by atoms with Crippen LogP contribution in [0.3, 0.4) is 0 Å². The van der Waals surface area contributed by atoms with Crippen molar-refractivity contribution in [3.63, 3.8) is 0 Å². The fourth-order valence-electron chi connectivity index (χ4n) is 4.63. The van der Waals surface area contributed by atoms with Gasteiger partial charge < -0.3 is 5.53 Å². The number of hydrogen-bond donors (Lipinski definition) is 0. The van der Waals surface area contributed by atoms with Crippen molar-refractivity contribution in [3.8, 4) is 0 Å². The Morgan fingerprint density at radius 1 is 1.31 bits per heavy atom. The molecular weight excluding hydrogens is 268 g/mol. The van der Waals surface area contributed by atoms with Crippen molar-refractivity contribution in [2.45, 2.75) is 42.8 Å². The van der Waals surface area contributed by atoms with Crippen LogP contribution in [0.5, 0.6) is 0 Å². The molecule has 4 aliphatic carbocycles. The number of rotatable bonds is 2. The lowest BCUT2D eigenvalue weighted by atomic mass is 9.48. The Morgan fingerprint density at radius 3 is 2.44 bits per heavy atom. The second-order valence-corrected chi connectivity index (χ2v) is 7.68. The minimum atomic E-state index is -0.222. The van der Waals surface area contributed by atoms with Gasteiger partial charge in [0.25, 0.3) is 0 Å². The van der Waals surface area contributed by atoms with Crippen LogP contribution < -0.4 is 0 Å². The highest BCUT2D eigenvalue weighted by Gasteiger charge is 2.59. The summed E-state index contributed by atoms with van der Waals surface area (Å²) >= 11 is 3.85. The smallest absolute Gasteiger partial charge is 0.323 e. The Balaban J connectivity index is 1.97. The summed E-state index contributed by atoms with van der Waals surface area (Å²) in [7, 11) is 0. The molecule has 4 saturated carbocycles. The third-order valence-electron chi connectivity index (χ3n) is 4.69. The van der Waals surface area contributed by atoms with Crippen molar-refractivity contribution in [2.24, 2.45) is 17.3 Å². The lowest BCUT2D eigenvalue weighted by Crippen LogP contribution is -2.56. The van der Waals surface area contributed by atoms with Crippen molar-refractivity contribution in [1.82, 2.24) is 0 Å². The van der Waals surface area contributed by atoms with Crippen molar-refractivity contribution >= 4 is 27.9 Å². The minimum Gasteiger partial charge on any atom is -0.361 e. The molecule has 0 spiro atoms. The average Bonchev–Trinajstić information content (AvgIpc) is 2.13. The van der Waals surface area contributed by atoms with Gasteiger partial charge in [-0.05, 0) is 50.4 Å². The molecule has 4 bridgehead atoms. The van der Waals surface area contributed by atoms with Gasteiger partial charge in [0, 0.05) is 9.74 Å². The maximum absolute atomic E-state index is 12.1. The molecular formula is C12H15BrN2O. The summed E-state index contributed by atoms with van der Waals surface area (Å²) in [5.41, 5.74) is 8.32. The molecule has 0 aromatic rings. The van der Waals surface area contributed by atoms with Gasteiger partial charge in [0.1, 0.15) is 0 Å². The van der Waals surface area contributed by atoms with Crippen LogP contribution in [0.2, 0.25) is 0 Å². The largest absolute Gasteiger partial charge is 0.361 e. The summed E-state index contributed by atoms with van der Waals surface area (Å²) in [6.07, 6.45) is 7.77. The molecule has 3 nitrogen and oxygen atoms in total. The first kappa shape index (κ1) is 10.7. The molecule has 4 fully saturated rings. The summed E-state index contributed by atoms with van der Waals surface area (Å²) in [5, 5.41) is 0. The predicted molar refractivity (Wildman–Crippen MR) is 63.5 cm³/mol. The number of ketones is 1. The Hall–Kier alpha value is -0.470. The summed E-state index contributed by atoms with van der Waals surface area (Å²) in [5.74, 6) is 1.42. The highest BCUT2D eigenvalue weighted by molar-refractivity contribution is 9.10. The molecule has 4 rings (SSSR count). The van der Waals surface area contributed by atoms with Gasteiger partial charge in [0.2, 0.25) is 5.78 Å². The average molecular weight is 283 g/mol. The zero-order valence-corrected chi connectivity index (χ0v) is 10.7. The highest BCUT2D eigenvalue weighted by Crippen LogP contribution is 2.64. The highest BCUT2D eigenvalue weighted by atomic mass is 79.9. The summed E-state index contributed by atoms with van der Waals surface area (Å²) in [6, 6.07) is 0. The van der Waals surface area contributed by atoms with Gasteiger partial charge in [0.15, 0.2) is 0 Å². The molecule has 16 heavy (non-hydrogen) atoms. The molecule has 0 aromatic heterocycles. The van der Waals surface area contributed by atoms with Crippen LogP contribution in [0, 0.1) is 17.3 Å². The number of hydrogen-bond acceptors (Lipinski definition) is 1. The van der Waals surface area contributed by atoms with Crippen LogP contribution in [0.4, 0.5) is 0 Å². The van der Waals surface area contributed by atoms with E-state index in [4.69, 9.17) is 5.53 Å². The van der Waals surface area contributed by atoms with E-state index in [1.807, 2.05) is 0 Å². The lowest BCUT2D eigenvalue weighted by Gasteiger charge is -2.58. The van der Waals surface area contributed by atoms with E-state index < -0.39 is 0 Å². The molecule has 2 atom stereocenters. The molecule has 0 radical (unpaired) electrons. The van der Waals surface area contributed by atoms with Gasteiger partial charge in [0.05, 0.1) is 0 Å². The molecule has 0 aliphatic heterocycles. The number of carbonyl (C=O) groups is 1. The van der Waals surface area contributed by atoms with E-state index in [1.54, 1.807) is 0 Å². The number of carbonyl (C=O) groups excluding carboxylic acids is 1. The Labute approximate surface area is 103 Å². The van der Waals surface area contributed by atoms with Crippen molar-refractivity contribution in [1.29, 1.82) is 0 Å². The SMILES string of the molecule is [N-]=[N+]=CC(=O)C12C[C@H]3C[C@@H](CC(Br)(C3)C1)C2. The molecule has 0 aromatic carbocycles.